The van der Waals surface area contributed by atoms with E-state index in [9.17, 15) is 4.79 Å². The zero-order valence-electron chi connectivity index (χ0n) is 9.85. The van der Waals surface area contributed by atoms with E-state index in [0.717, 1.165) is 11.8 Å². The van der Waals surface area contributed by atoms with Crippen molar-refractivity contribution in [3.8, 4) is 0 Å². The SMILES string of the molecule is O=C(CC1CC2CCC1C2)NCc1ncn[nH]1. The molecule has 1 amide bonds. The maximum Gasteiger partial charge on any atom is 0.220 e. The van der Waals surface area contributed by atoms with Gasteiger partial charge in [-0.1, -0.05) is 6.42 Å². The first-order valence-electron chi connectivity index (χ1n) is 6.42. The van der Waals surface area contributed by atoms with Crippen molar-refractivity contribution >= 4 is 5.91 Å². The number of aromatic amines is 1. The molecule has 92 valence electrons. The van der Waals surface area contributed by atoms with Crippen LogP contribution < -0.4 is 5.32 Å². The largest absolute Gasteiger partial charge is 0.349 e. The Labute approximate surface area is 100 Å². The lowest BCUT2D eigenvalue weighted by molar-refractivity contribution is -0.122. The van der Waals surface area contributed by atoms with Crippen LogP contribution in [0.1, 0.15) is 37.9 Å². The fourth-order valence-electron chi connectivity index (χ4n) is 3.44. The standard InChI is InChI=1S/C12H18N4O/c17-12(13-6-11-14-7-15-16-11)5-10-4-8-1-2-9(10)3-8/h7-10H,1-6H2,(H,13,17)(H,14,15,16). The molecule has 0 spiro atoms. The van der Waals surface area contributed by atoms with Gasteiger partial charge in [0.15, 0.2) is 0 Å². The van der Waals surface area contributed by atoms with Gasteiger partial charge in [0, 0.05) is 6.42 Å². The second-order valence-corrected chi connectivity index (χ2v) is 5.35. The highest BCUT2D eigenvalue weighted by Crippen LogP contribution is 2.49. The molecule has 5 heteroatoms. The Morgan fingerprint density at radius 3 is 3.06 bits per heavy atom. The average molecular weight is 234 g/mol. The predicted molar refractivity (Wildman–Crippen MR) is 61.8 cm³/mol. The lowest BCUT2D eigenvalue weighted by atomic mass is 9.86. The van der Waals surface area contributed by atoms with Crippen molar-refractivity contribution in [1.29, 1.82) is 0 Å². The number of fused-ring (bicyclic) bond motifs is 2. The van der Waals surface area contributed by atoms with Gasteiger partial charge >= 0.3 is 0 Å². The van der Waals surface area contributed by atoms with Crippen molar-refractivity contribution in [3.05, 3.63) is 12.2 Å². The van der Waals surface area contributed by atoms with Crippen LogP contribution in [0.5, 0.6) is 0 Å². The van der Waals surface area contributed by atoms with E-state index in [1.165, 1.54) is 32.0 Å². The Kier molecular flexibility index (Phi) is 2.82. The van der Waals surface area contributed by atoms with Crippen LogP contribution in [-0.4, -0.2) is 21.1 Å². The van der Waals surface area contributed by atoms with Crippen LogP contribution in [0.3, 0.4) is 0 Å². The van der Waals surface area contributed by atoms with Crippen LogP contribution >= 0.6 is 0 Å². The van der Waals surface area contributed by atoms with Crippen molar-refractivity contribution in [1.82, 2.24) is 20.5 Å². The maximum atomic E-state index is 11.8. The molecule has 1 aromatic heterocycles. The quantitative estimate of drug-likeness (QED) is 0.823. The number of carbonyl (C=O) groups excluding carboxylic acids is 1. The summed E-state index contributed by atoms with van der Waals surface area (Å²) < 4.78 is 0. The van der Waals surface area contributed by atoms with Crippen molar-refractivity contribution in [2.45, 2.75) is 38.6 Å². The van der Waals surface area contributed by atoms with Gasteiger partial charge in [0.05, 0.1) is 6.54 Å². The highest BCUT2D eigenvalue weighted by atomic mass is 16.1. The molecule has 2 fully saturated rings. The minimum absolute atomic E-state index is 0.152. The van der Waals surface area contributed by atoms with E-state index in [1.54, 1.807) is 0 Å². The summed E-state index contributed by atoms with van der Waals surface area (Å²) in [7, 11) is 0. The van der Waals surface area contributed by atoms with Gasteiger partial charge in [-0.3, -0.25) is 9.89 Å². The second-order valence-electron chi connectivity index (χ2n) is 5.35. The molecule has 2 N–H and O–H groups in total. The number of amides is 1. The molecule has 0 aliphatic heterocycles. The zero-order chi connectivity index (χ0) is 11.7. The number of nitrogens with one attached hydrogen (secondary N) is 2. The van der Waals surface area contributed by atoms with Crippen LogP contribution in [-0.2, 0) is 11.3 Å². The zero-order valence-corrected chi connectivity index (χ0v) is 9.85. The van der Waals surface area contributed by atoms with Gasteiger partial charge in [-0.25, -0.2) is 4.98 Å². The van der Waals surface area contributed by atoms with E-state index in [4.69, 9.17) is 0 Å². The monoisotopic (exact) mass is 234 g/mol. The van der Waals surface area contributed by atoms with Crippen LogP contribution in [0.15, 0.2) is 6.33 Å². The maximum absolute atomic E-state index is 11.8. The summed E-state index contributed by atoms with van der Waals surface area (Å²) in [4.78, 5) is 15.8. The topological polar surface area (TPSA) is 70.7 Å². The van der Waals surface area contributed by atoms with Crippen molar-refractivity contribution in [2.24, 2.45) is 17.8 Å². The van der Waals surface area contributed by atoms with Crippen LogP contribution in [0.25, 0.3) is 0 Å². The van der Waals surface area contributed by atoms with Gasteiger partial charge < -0.3 is 5.32 Å². The van der Waals surface area contributed by atoms with E-state index >= 15 is 0 Å². The van der Waals surface area contributed by atoms with Gasteiger partial charge in [-0.2, -0.15) is 5.10 Å². The molecule has 2 bridgehead atoms. The third-order valence-electron chi connectivity index (χ3n) is 4.25. The summed E-state index contributed by atoms with van der Waals surface area (Å²) >= 11 is 0. The molecule has 2 saturated carbocycles. The first-order chi connectivity index (χ1) is 8.31. The number of hydrogen-bond acceptors (Lipinski definition) is 3. The van der Waals surface area contributed by atoms with E-state index in [0.29, 0.717) is 24.7 Å². The Balaban J connectivity index is 1.44. The van der Waals surface area contributed by atoms with Crippen LogP contribution in [0.2, 0.25) is 0 Å². The molecule has 1 heterocycles. The van der Waals surface area contributed by atoms with Crippen molar-refractivity contribution < 1.29 is 4.79 Å². The molecule has 3 atom stereocenters. The van der Waals surface area contributed by atoms with E-state index in [1.807, 2.05) is 0 Å². The van der Waals surface area contributed by atoms with Gasteiger partial charge in [-0.15, -0.1) is 0 Å². The molecule has 0 aromatic carbocycles. The highest BCUT2D eigenvalue weighted by molar-refractivity contribution is 5.76. The summed E-state index contributed by atoms with van der Waals surface area (Å²) in [6.07, 6.45) is 7.50. The lowest BCUT2D eigenvalue weighted by Gasteiger charge is -2.20. The Morgan fingerprint density at radius 2 is 2.41 bits per heavy atom. The Bertz CT molecular complexity index is 389. The average Bonchev–Trinajstić information content (AvgIpc) is 3.03. The van der Waals surface area contributed by atoms with E-state index in [2.05, 4.69) is 20.5 Å². The summed E-state index contributed by atoms with van der Waals surface area (Å²) in [5, 5.41) is 9.38. The molecule has 17 heavy (non-hydrogen) atoms. The minimum atomic E-state index is 0.152. The summed E-state index contributed by atoms with van der Waals surface area (Å²) in [5.41, 5.74) is 0. The third kappa shape index (κ3) is 2.33. The van der Waals surface area contributed by atoms with Crippen molar-refractivity contribution in [2.75, 3.05) is 0 Å². The number of rotatable bonds is 4. The summed E-state index contributed by atoms with van der Waals surface area (Å²) in [6, 6.07) is 0. The van der Waals surface area contributed by atoms with E-state index in [-0.39, 0.29) is 5.91 Å². The Hall–Kier alpha value is -1.39. The first kappa shape index (κ1) is 10.7. The summed E-state index contributed by atoms with van der Waals surface area (Å²) in [5.74, 6) is 3.22. The highest BCUT2D eigenvalue weighted by Gasteiger charge is 2.39. The lowest BCUT2D eigenvalue weighted by Crippen LogP contribution is -2.27. The van der Waals surface area contributed by atoms with Crippen LogP contribution in [0, 0.1) is 17.8 Å². The minimum Gasteiger partial charge on any atom is -0.349 e. The number of carbonyl (C=O) groups is 1. The molecule has 3 rings (SSSR count). The second kappa shape index (κ2) is 4.47. The predicted octanol–water partition coefficient (Wildman–Crippen LogP) is 1.25. The fourth-order valence-corrected chi connectivity index (χ4v) is 3.44. The fraction of sp³-hybridized carbons (Fsp3) is 0.750. The molecular formula is C12H18N4O. The number of nitrogens with zero attached hydrogens (tertiary/aromatic N) is 2. The number of H-pyrrole nitrogens is 1. The van der Waals surface area contributed by atoms with Crippen molar-refractivity contribution in [3.63, 3.8) is 0 Å². The number of hydrogen-bond donors (Lipinski definition) is 2. The molecular weight excluding hydrogens is 216 g/mol. The van der Waals surface area contributed by atoms with E-state index < -0.39 is 0 Å². The number of aromatic nitrogens is 3. The molecule has 5 nitrogen and oxygen atoms in total. The Morgan fingerprint density at radius 1 is 1.47 bits per heavy atom. The van der Waals surface area contributed by atoms with Gasteiger partial charge in [0.2, 0.25) is 5.91 Å². The third-order valence-corrected chi connectivity index (χ3v) is 4.25. The first-order valence-corrected chi connectivity index (χ1v) is 6.42. The molecule has 1 aromatic rings. The van der Waals surface area contributed by atoms with Gasteiger partial charge in [0.1, 0.15) is 12.2 Å². The smallest absolute Gasteiger partial charge is 0.220 e. The molecule has 3 unspecified atom stereocenters. The normalized spacial score (nSPS) is 30.7. The summed E-state index contributed by atoms with van der Waals surface area (Å²) in [6.45, 7) is 0.458. The molecule has 0 saturated heterocycles. The van der Waals surface area contributed by atoms with Gasteiger partial charge in [-0.05, 0) is 37.0 Å². The molecule has 2 aliphatic rings. The van der Waals surface area contributed by atoms with Gasteiger partial charge in [0.25, 0.3) is 0 Å². The molecule has 0 radical (unpaired) electrons. The molecule has 2 aliphatic carbocycles. The van der Waals surface area contributed by atoms with Crippen LogP contribution in [0.4, 0.5) is 0 Å².